The summed E-state index contributed by atoms with van der Waals surface area (Å²) in [6, 6.07) is 1.59. The molecule has 162 valence electrons. The third kappa shape index (κ3) is 3.75. The monoisotopic (exact) mass is 471 g/mol. The van der Waals surface area contributed by atoms with Crippen LogP contribution in [0.1, 0.15) is 29.1 Å². The van der Waals surface area contributed by atoms with Crippen molar-refractivity contribution in [3.63, 3.8) is 0 Å². The summed E-state index contributed by atoms with van der Waals surface area (Å²) in [5.74, 6) is -0.250. The van der Waals surface area contributed by atoms with Gasteiger partial charge in [-0.15, -0.1) is 0 Å². The fraction of sp³-hybridized carbons (Fsp3) is 0.438. The third-order valence-electron chi connectivity index (χ3n) is 4.55. The van der Waals surface area contributed by atoms with Gasteiger partial charge in [-0.1, -0.05) is 22.9 Å². The molecule has 0 N–H and O–H groups in total. The molecule has 1 aliphatic heterocycles. The van der Waals surface area contributed by atoms with E-state index in [9.17, 15) is 31.1 Å². The van der Waals surface area contributed by atoms with Gasteiger partial charge in [-0.3, -0.25) is 4.79 Å². The van der Waals surface area contributed by atoms with Gasteiger partial charge in [-0.25, -0.2) is 14.1 Å². The lowest BCUT2D eigenvalue weighted by atomic mass is 10.4. The second-order valence-corrected chi connectivity index (χ2v) is 8.02. The molecule has 0 spiro atoms. The number of hydrogen-bond acceptors (Lipinski definition) is 5. The minimum atomic E-state index is -4.72. The van der Waals surface area contributed by atoms with E-state index in [2.05, 4.69) is 10.1 Å². The van der Waals surface area contributed by atoms with E-state index in [1.165, 1.54) is 4.90 Å². The number of aromatic nitrogens is 4. The summed E-state index contributed by atoms with van der Waals surface area (Å²) in [6.45, 7) is 0.359. The van der Waals surface area contributed by atoms with Crippen LogP contribution in [0.15, 0.2) is 16.9 Å². The molecule has 1 aliphatic rings. The molecule has 4 rings (SSSR count). The SMILES string of the molecule is O=c1cc(Cn2nc(C(F)(F)F)cc2Cl)nc2sc(C(F)(F)F)c(N3CCCC3)n12. The highest BCUT2D eigenvalue weighted by Gasteiger charge is 2.40. The van der Waals surface area contributed by atoms with Crippen LogP contribution in [0, 0.1) is 0 Å². The largest absolute Gasteiger partial charge is 0.435 e. The Kier molecular flexibility index (Phi) is 5.00. The van der Waals surface area contributed by atoms with Gasteiger partial charge in [-0.05, 0) is 12.8 Å². The van der Waals surface area contributed by atoms with E-state index in [-0.39, 0.29) is 21.6 Å². The van der Waals surface area contributed by atoms with Crippen molar-refractivity contribution >= 4 is 33.7 Å². The number of fused-ring (bicyclic) bond motifs is 1. The van der Waals surface area contributed by atoms with Gasteiger partial charge in [0.2, 0.25) is 0 Å². The van der Waals surface area contributed by atoms with Crippen molar-refractivity contribution in [3.05, 3.63) is 43.9 Å². The van der Waals surface area contributed by atoms with E-state index in [1.807, 2.05) is 0 Å². The number of thiazole rings is 1. The highest BCUT2D eigenvalue weighted by Crippen LogP contribution is 2.42. The average molecular weight is 472 g/mol. The third-order valence-corrected chi connectivity index (χ3v) is 5.92. The van der Waals surface area contributed by atoms with E-state index < -0.39 is 35.0 Å². The first kappa shape index (κ1) is 21.0. The molecule has 0 bridgehead atoms. The van der Waals surface area contributed by atoms with Crippen molar-refractivity contribution in [2.24, 2.45) is 0 Å². The lowest BCUT2D eigenvalue weighted by Gasteiger charge is -2.19. The molecule has 1 saturated heterocycles. The van der Waals surface area contributed by atoms with Gasteiger partial charge in [0.15, 0.2) is 15.5 Å². The maximum absolute atomic E-state index is 13.6. The highest BCUT2D eigenvalue weighted by molar-refractivity contribution is 7.17. The predicted octanol–water partition coefficient (Wildman–Crippen LogP) is 4.29. The molecule has 0 saturated carbocycles. The molecule has 6 nitrogen and oxygen atoms in total. The molecule has 4 heterocycles. The Labute approximate surface area is 173 Å². The van der Waals surface area contributed by atoms with Gasteiger partial charge in [0.25, 0.3) is 5.56 Å². The van der Waals surface area contributed by atoms with Gasteiger partial charge >= 0.3 is 12.4 Å². The molecular weight excluding hydrogens is 460 g/mol. The van der Waals surface area contributed by atoms with Crippen LogP contribution in [-0.2, 0) is 18.9 Å². The minimum absolute atomic E-state index is 0.0540. The molecule has 0 amide bonds. The first-order valence-electron chi connectivity index (χ1n) is 8.63. The zero-order valence-corrected chi connectivity index (χ0v) is 16.5. The number of nitrogens with zero attached hydrogens (tertiary/aromatic N) is 5. The molecule has 30 heavy (non-hydrogen) atoms. The molecule has 0 aliphatic carbocycles. The van der Waals surface area contributed by atoms with Crippen LogP contribution in [-0.4, -0.2) is 32.3 Å². The van der Waals surface area contributed by atoms with Crippen LogP contribution in [0.25, 0.3) is 4.96 Å². The second kappa shape index (κ2) is 7.15. The van der Waals surface area contributed by atoms with Crippen LogP contribution in [0.2, 0.25) is 5.15 Å². The Morgan fingerprint density at radius 2 is 1.73 bits per heavy atom. The summed E-state index contributed by atoms with van der Waals surface area (Å²) >= 11 is 6.08. The van der Waals surface area contributed by atoms with Crippen molar-refractivity contribution in [1.29, 1.82) is 0 Å². The normalized spacial score (nSPS) is 15.5. The van der Waals surface area contributed by atoms with Gasteiger partial charge in [0, 0.05) is 25.2 Å². The van der Waals surface area contributed by atoms with Crippen molar-refractivity contribution in [2.75, 3.05) is 18.0 Å². The van der Waals surface area contributed by atoms with E-state index in [0.29, 0.717) is 43.3 Å². The summed E-state index contributed by atoms with van der Waals surface area (Å²) in [5.41, 5.74) is -2.04. The molecule has 0 unspecified atom stereocenters. The van der Waals surface area contributed by atoms with Crippen molar-refractivity contribution in [1.82, 2.24) is 19.2 Å². The Hall–Kier alpha value is -2.28. The number of anilines is 1. The lowest BCUT2D eigenvalue weighted by Crippen LogP contribution is -2.27. The van der Waals surface area contributed by atoms with E-state index in [1.54, 1.807) is 0 Å². The Morgan fingerprint density at radius 3 is 2.30 bits per heavy atom. The summed E-state index contributed by atoms with van der Waals surface area (Å²) < 4.78 is 80.8. The number of alkyl halides is 6. The van der Waals surface area contributed by atoms with Gasteiger partial charge in [-0.2, -0.15) is 31.4 Å². The standard InChI is InChI=1S/C16H12ClF6N5OS/c17-10-6-9(15(18,19)20)25-27(10)7-8-5-11(29)28-13(26-3-1-2-4-26)12(16(21,22)23)30-14(28)24-8/h5-6H,1-4,7H2. The van der Waals surface area contributed by atoms with E-state index in [4.69, 9.17) is 11.6 Å². The number of rotatable bonds is 3. The molecule has 14 heteroatoms. The molecule has 0 atom stereocenters. The van der Waals surface area contributed by atoms with Crippen LogP contribution >= 0.6 is 22.9 Å². The summed E-state index contributed by atoms with van der Waals surface area (Å²) in [6.07, 6.45) is -8.00. The van der Waals surface area contributed by atoms with Crippen molar-refractivity contribution < 1.29 is 26.3 Å². The molecule has 3 aromatic heterocycles. The Bertz CT molecular complexity index is 1160. The van der Waals surface area contributed by atoms with Crippen LogP contribution in [0.5, 0.6) is 0 Å². The second-order valence-electron chi connectivity index (χ2n) is 6.66. The topological polar surface area (TPSA) is 55.4 Å². The molecular formula is C16H12ClF6N5OS. The quantitative estimate of drug-likeness (QED) is 0.535. The van der Waals surface area contributed by atoms with E-state index in [0.717, 1.165) is 15.1 Å². The number of hydrogen-bond donors (Lipinski definition) is 0. The van der Waals surface area contributed by atoms with Crippen LogP contribution < -0.4 is 10.5 Å². The Balaban J connectivity index is 1.80. The fourth-order valence-electron chi connectivity index (χ4n) is 3.28. The highest BCUT2D eigenvalue weighted by atomic mass is 35.5. The number of halogens is 7. The first-order chi connectivity index (χ1) is 13.9. The summed E-state index contributed by atoms with van der Waals surface area (Å²) in [5, 5.41) is 2.99. The van der Waals surface area contributed by atoms with Crippen LogP contribution in [0.3, 0.4) is 0 Å². The minimum Gasteiger partial charge on any atom is -0.356 e. The lowest BCUT2D eigenvalue weighted by molar-refractivity contribution is -0.141. The van der Waals surface area contributed by atoms with Crippen molar-refractivity contribution in [3.8, 4) is 0 Å². The molecule has 1 fully saturated rings. The maximum atomic E-state index is 13.6. The predicted molar refractivity (Wildman–Crippen MR) is 97.1 cm³/mol. The molecule has 3 aromatic rings. The summed E-state index contributed by atoms with van der Waals surface area (Å²) in [4.78, 5) is 17.1. The zero-order valence-electron chi connectivity index (χ0n) is 14.9. The van der Waals surface area contributed by atoms with Gasteiger partial charge in [0.1, 0.15) is 11.0 Å². The maximum Gasteiger partial charge on any atom is 0.435 e. The average Bonchev–Trinajstić information content (AvgIpc) is 3.32. The molecule has 0 aromatic carbocycles. The van der Waals surface area contributed by atoms with Crippen LogP contribution in [0.4, 0.5) is 32.2 Å². The van der Waals surface area contributed by atoms with Crippen molar-refractivity contribution in [2.45, 2.75) is 31.7 Å². The Morgan fingerprint density at radius 1 is 1.07 bits per heavy atom. The van der Waals surface area contributed by atoms with E-state index >= 15 is 0 Å². The first-order valence-corrected chi connectivity index (χ1v) is 9.83. The van der Waals surface area contributed by atoms with Gasteiger partial charge in [0.05, 0.1) is 12.2 Å². The smallest absolute Gasteiger partial charge is 0.356 e. The molecule has 0 radical (unpaired) electrons. The summed E-state index contributed by atoms with van der Waals surface area (Å²) in [7, 11) is 0. The fourth-order valence-corrected chi connectivity index (χ4v) is 4.53. The zero-order chi connectivity index (χ0) is 21.8. The van der Waals surface area contributed by atoms with Gasteiger partial charge < -0.3 is 4.90 Å².